The Morgan fingerprint density at radius 3 is 2.75 bits per heavy atom. The Bertz CT molecular complexity index is 607. The number of carbonyl (C=O) groups is 1. The summed E-state index contributed by atoms with van der Waals surface area (Å²) in [5.74, 6) is 1.50. The number of aromatic nitrogens is 3. The zero-order valence-electron chi connectivity index (χ0n) is 12.0. The molecule has 0 saturated carbocycles. The van der Waals surface area contributed by atoms with Crippen molar-refractivity contribution in [3.8, 4) is 5.75 Å². The van der Waals surface area contributed by atoms with Gasteiger partial charge in [-0.25, -0.2) is 4.98 Å². The summed E-state index contributed by atoms with van der Waals surface area (Å²) in [6, 6.07) is 7.27. The number of hydrogen-bond donors (Lipinski definition) is 1. The second-order valence-corrected chi connectivity index (χ2v) is 4.76. The first-order valence-electron chi connectivity index (χ1n) is 6.37. The van der Waals surface area contributed by atoms with Crippen LogP contribution in [-0.4, -0.2) is 35.2 Å². The van der Waals surface area contributed by atoms with E-state index < -0.39 is 0 Å². The number of nitrogens with one attached hydrogen (secondary N) is 1. The molecule has 0 aliphatic heterocycles. The van der Waals surface area contributed by atoms with E-state index in [1.807, 2.05) is 32.0 Å². The number of H-pyrrole nitrogens is 1. The van der Waals surface area contributed by atoms with Crippen LogP contribution in [0.5, 0.6) is 5.75 Å². The van der Waals surface area contributed by atoms with Gasteiger partial charge in [0.25, 0.3) is 5.91 Å². The predicted octanol–water partition coefficient (Wildman–Crippen LogP) is 2.21. The number of methoxy groups -OCH3 is 1. The number of anilines is 1. The van der Waals surface area contributed by atoms with Crippen LogP contribution in [0.15, 0.2) is 24.3 Å². The molecule has 1 heterocycles. The fourth-order valence-electron chi connectivity index (χ4n) is 1.71. The average molecular weight is 274 g/mol. The lowest BCUT2D eigenvalue weighted by Gasteiger charge is -2.16. The Kier molecular flexibility index (Phi) is 4.02. The van der Waals surface area contributed by atoms with Gasteiger partial charge in [-0.2, -0.15) is 0 Å². The van der Waals surface area contributed by atoms with E-state index in [1.54, 1.807) is 20.2 Å². The Morgan fingerprint density at radius 2 is 2.15 bits per heavy atom. The number of aromatic amines is 1. The van der Waals surface area contributed by atoms with Gasteiger partial charge in [0, 0.05) is 24.7 Å². The third-order valence-corrected chi connectivity index (χ3v) is 2.99. The van der Waals surface area contributed by atoms with Gasteiger partial charge >= 0.3 is 0 Å². The van der Waals surface area contributed by atoms with Crippen LogP contribution in [0.3, 0.4) is 0 Å². The van der Waals surface area contributed by atoms with E-state index in [0.717, 1.165) is 5.69 Å². The van der Waals surface area contributed by atoms with Crippen molar-refractivity contribution in [2.45, 2.75) is 19.8 Å². The molecule has 0 radical (unpaired) electrons. The summed E-state index contributed by atoms with van der Waals surface area (Å²) < 4.78 is 5.15. The second-order valence-electron chi connectivity index (χ2n) is 4.76. The van der Waals surface area contributed by atoms with Gasteiger partial charge in [0.05, 0.1) is 7.11 Å². The first-order valence-corrected chi connectivity index (χ1v) is 6.37. The highest BCUT2D eigenvalue weighted by Crippen LogP contribution is 2.21. The van der Waals surface area contributed by atoms with Crippen molar-refractivity contribution in [1.82, 2.24) is 15.2 Å². The molecule has 1 amide bonds. The van der Waals surface area contributed by atoms with Crippen LogP contribution >= 0.6 is 0 Å². The predicted molar refractivity (Wildman–Crippen MR) is 76.2 cm³/mol. The summed E-state index contributed by atoms with van der Waals surface area (Å²) in [5.41, 5.74) is 0.727. The van der Waals surface area contributed by atoms with E-state index in [0.29, 0.717) is 11.6 Å². The highest BCUT2D eigenvalue weighted by molar-refractivity contribution is 6.03. The summed E-state index contributed by atoms with van der Waals surface area (Å²) in [7, 11) is 3.27. The summed E-state index contributed by atoms with van der Waals surface area (Å²) in [6.07, 6.45) is 0. The molecule has 0 spiro atoms. The minimum atomic E-state index is -0.263. The second kappa shape index (κ2) is 5.73. The normalized spacial score (nSPS) is 10.7. The number of hydrogen-bond acceptors (Lipinski definition) is 4. The van der Waals surface area contributed by atoms with Gasteiger partial charge in [-0.3, -0.25) is 9.89 Å². The molecule has 106 valence electrons. The van der Waals surface area contributed by atoms with Crippen molar-refractivity contribution in [1.29, 1.82) is 0 Å². The molecule has 1 aromatic carbocycles. The zero-order valence-corrected chi connectivity index (χ0v) is 12.0. The van der Waals surface area contributed by atoms with Crippen LogP contribution in [0.4, 0.5) is 5.69 Å². The largest absolute Gasteiger partial charge is 0.497 e. The van der Waals surface area contributed by atoms with Gasteiger partial charge in [0.2, 0.25) is 5.82 Å². The smallest absolute Gasteiger partial charge is 0.297 e. The summed E-state index contributed by atoms with van der Waals surface area (Å²) in [6.45, 7) is 3.97. The molecule has 1 aromatic heterocycles. The average Bonchev–Trinajstić information content (AvgIpc) is 2.95. The fourth-order valence-corrected chi connectivity index (χ4v) is 1.71. The molecule has 0 unspecified atom stereocenters. The summed E-state index contributed by atoms with van der Waals surface area (Å²) >= 11 is 0. The maximum atomic E-state index is 12.3. The summed E-state index contributed by atoms with van der Waals surface area (Å²) in [5, 5.41) is 6.75. The van der Waals surface area contributed by atoms with E-state index in [-0.39, 0.29) is 17.6 Å². The monoisotopic (exact) mass is 274 g/mol. The highest BCUT2D eigenvalue weighted by atomic mass is 16.5. The van der Waals surface area contributed by atoms with E-state index >= 15 is 0 Å². The fraction of sp³-hybridized carbons (Fsp3) is 0.357. The van der Waals surface area contributed by atoms with E-state index in [2.05, 4.69) is 15.2 Å². The van der Waals surface area contributed by atoms with Crippen LogP contribution in [-0.2, 0) is 0 Å². The van der Waals surface area contributed by atoms with E-state index in [4.69, 9.17) is 4.74 Å². The lowest BCUT2D eigenvalue weighted by molar-refractivity contribution is 0.0983. The minimum absolute atomic E-state index is 0.166. The van der Waals surface area contributed by atoms with Gasteiger partial charge in [-0.1, -0.05) is 19.9 Å². The number of nitrogens with zero attached hydrogens (tertiary/aromatic N) is 3. The maximum Gasteiger partial charge on any atom is 0.297 e. The van der Waals surface area contributed by atoms with Crippen molar-refractivity contribution in [3.63, 3.8) is 0 Å². The van der Waals surface area contributed by atoms with Crippen LogP contribution in [0.25, 0.3) is 0 Å². The number of ether oxygens (including phenoxy) is 1. The van der Waals surface area contributed by atoms with Gasteiger partial charge in [0.15, 0.2) is 0 Å². The standard InChI is InChI=1S/C14H18N4O2/c1-9(2)12-15-13(17-16-12)14(19)18(3)10-6-5-7-11(8-10)20-4/h5-9H,1-4H3,(H,15,16,17). The van der Waals surface area contributed by atoms with Crippen LogP contribution in [0.2, 0.25) is 0 Å². The lowest BCUT2D eigenvalue weighted by atomic mass is 10.2. The number of amides is 1. The number of benzene rings is 1. The molecule has 6 heteroatoms. The Hall–Kier alpha value is -2.37. The van der Waals surface area contributed by atoms with Crippen molar-refractivity contribution < 1.29 is 9.53 Å². The van der Waals surface area contributed by atoms with Crippen LogP contribution in [0, 0.1) is 0 Å². The first-order chi connectivity index (χ1) is 9.52. The van der Waals surface area contributed by atoms with Gasteiger partial charge in [-0.15, -0.1) is 5.10 Å². The highest BCUT2D eigenvalue weighted by Gasteiger charge is 2.19. The molecular formula is C14H18N4O2. The van der Waals surface area contributed by atoms with Crippen molar-refractivity contribution in [2.75, 3.05) is 19.1 Å². The molecule has 20 heavy (non-hydrogen) atoms. The Morgan fingerprint density at radius 1 is 1.40 bits per heavy atom. The summed E-state index contributed by atoms with van der Waals surface area (Å²) in [4.78, 5) is 18.0. The number of carbonyl (C=O) groups excluding carboxylic acids is 1. The van der Waals surface area contributed by atoms with E-state index in [1.165, 1.54) is 4.90 Å². The molecule has 0 saturated heterocycles. The van der Waals surface area contributed by atoms with Crippen molar-refractivity contribution in [2.24, 2.45) is 0 Å². The van der Waals surface area contributed by atoms with Crippen molar-refractivity contribution in [3.05, 3.63) is 35.9 Å². The molecule has 0 atom stereocenters. The van der Waals surface area contributed by atoms with Crippen LogP contribution in [0.1, 0.15) is 36.2 Å². The molecule has 0 fully saturated rings. The lowest BCUT2D eigenvalue weighted by Crippen LogP contribution is -2.27. The molecule has 2 rings (SSSR count). The third-order valence-electron chi connectivity index (χ3n) is 2.99. The van der Waals surface area contributed by atoms with Crippen LogP contribution < -0.4 is 9.64 Å². The molecule has 0 aliphatic rings. The quantitative estimate of drug-likeness (QED) is 0.928. The molecule has 2 aromatic rings. The SMILES string of the molecule is COc1cccc(N(C)C(=O)c2n[nH]c(C(C)C)n2)c1. The minimum Gasteiger partial charge on any atom is -0.497 e. The first kappa shape index (κ1) is 14.0. The third kappa shape index (κ3) is 2.79. The molecule has 0 aliphatic carbocycles. The van der Waals surface area contributed by atoms with E-state index in [9.17, 15) is 4.79 Å². The molecule has 6 nitrogen and oxygen atoms in total. The van der Waals surface area contributed by atoms with Gasteiger partial charge in [0.1, 0.15) is 11.6 Å². The Balaban J connectivity index is 2.22. The zero-order chi connectivity index (χ0) is 14.7. The molecule has 1 N–H and O–H groups in total. The topological polar surface area (TPSA) is 71.1 Å². The molecule has 0 bridgehead atoms. The molecular weight excluding hydrogens is 256 g/mol. The number of rotatable bonds is 4. The van der Waals surface area contributed by atoms with Gasteiger partial charge < -0.3 is 9.64 Å². The van der Waals surface area contributed by atoms with Crippen molar-refractivity contribution >= 4 is 11.6 Å². The van der Waals surface area contributed by atoms with Gasteiger partial charge in [-0.05, 0) is 12.1 Å². The maximum absolute atomic E-state index is 12.3. The Labute approximate surface area is 117 Å².